The van der Waals surface area contributed by atoms with Gasteiger partial charge in [0.15, 0.2) is 0 Å². The Morgan fingerprint density at radius 1 is 0.977 bits per heavy atom. The summed E-state index contributed by atoms with van der Waals surface area (Å²) in [7, 11) is 0. The van der Waals surface area contributed by atoms with Gasteiger partial charge in [-0.1, -0.05) is 117 Å². The predicted octanol–water partition coefficient (Wildman–Crippen LogP) is 6.46. The number of aliphatic carboxylic acids is 1. The van der Waals surface area contributed by atoms with Crippen molar-refractivity contribution in [2.45, 2.75) is 68.7 Å². The van der Waals surface area contributed by atoms with Crippen molar-refractivity contribution in [1.82, 2.24) is 10.6 Å². The number of carbonyl (C=O) groups excluding carboxylic acids is 2. The number of benzene rings is 3. The lowest BCUT2D eigenvalue weighted by Gasteiger charge is -2.31. The van der Waals surface area contributed by atoms with E-state index in [2.05, 4.69) is 42.8 Å². The monoisotopic (exact) mass is 596 g/mol. The minimum atomic E-state index is -1.16. The highest BCUT2D eigenvalue weighted by atomic mass is 32.1. The van der Waals surface area contributed by atoms with Crippen LogP contribution in [0.3, 0.4) is 0 Å². The van der Waals surface area contributed by atoms with E-state index in [0.29, 0.717) is 19.3 Å². The zero-order valence-corrected chi connectivity index (χ0v) is 25.5. The SMILES string of the molecule is C=C/C(=C\C=C/CC)c1ccc(CC(NC(=O)C2(NC(=O)C(S)Cc3ccc4ccccc4c3)CCCC2)C(=O)O)cc1. The first-order chi connectivity index (χ1) is 20.7. The van der Waals surface area contributed by atoms with Crippen LogP contribution in [0.25, 0.3) is 16.3 Å². The Labute approximate surface area is 259 Å². The first-order valence-electron chi connectivity index (χ1n) is 14.8. The van der Waals surface area contributed by atoms with Gasteiger partial charge in [0, 0.05) is 6.42 Å². The number of carbonyl (C=O) groups is 3. The van der Waals surface area contributed by atoms with E-state index in [-0.39, 0.29) is 12.3 Å². The first kappa shape index (κ1) is 31.8. The summed E-state index contributed by atoms with van der Waals surface area (Å²) in [6, 6.07) is 20.5. The number of fused-ring (bicyclic) bond motifs is 1. The van der Waals surface area contributed by atoms with Gasteiger partial charge in [0.1, 0.15) is 11.6 Å². The van der Waals surface area contributed by atoms with E-state index in [9.17, 15) is 19.5 Å². The second kappa shape index (κ2) is 14.9. The second-order valence-electron chi connectivity index (χ2n) is 11.1. The normalized spacial score (nSPS) is 16.1. The summed E-state index contributed by atoms with van der Waals surface area (Å²) in [6.45, 7) is 5.95. The van der Waals surface area contributed by atoms with Gasteiger partial charge >= 0.3 is 5.97 Å². The fraction of sp³-hybridized carbons (Fsp3) is 0.306. The Morgan fingerprint density at radius 2 is 1.65 bits per heavy atom. The molecule has 1 aliphatic carbocycles. The minimum absolute atomic E-state index is 0.116. The minimum Gasteiger partial charge on any atom is -0.480 e. The van der Waals surface area contributed by atoms with Gasteiger partial charge in [-0.15, -0.1) is 0 Å². The van der Waals surface area contributed by atoms with Crippen molar-refractivity contribution in [3.05, 3.63) is 114 Å². The number of nitrogens with one attached hydrogen (secondary N) is 2. The summed E-state index contributed by atoms with van der Waals surface area (Å²) in [5, 5.41) is 17.2. The summed E-state index contributed by atoms with van der Waals surface area (Å²) in [4.78, 5) is 39.1. The number of hydrogen-bond acceptors (Lipinski definition) is 4. The molecular formula is C36H40N2O4S. The third kappa shape index (κ3) is 8.26. The lowest BCUT2D eigenvalue weighted by molar-refractivity contribution is -0.143. The lowest BCUT2D eigenvalue weighted by atomic mass is 9.94. The Hall–Kier alpha value is -4.10. The van der Waals surface area contributed by atoms with Crippen molar-refractivity contribution in [1.29, 1.82) is 0 Å². The molecule has 3 N–H and O–H groups in total. The lowest BCUT2D eigenvalue weighted by Crippen LogP contribution is -2.61. The molecule has 3 aromatic rings. The third-order valence-electron chi connectivity index (χ3n) is 8.00. The molecule has 1 saturated carbocycles. The van der Waals surface area contributed by atoms with E-state index < -0.39 is 28.7 Å². The Kier molecular flexibility index (Phi) is 11.0. The van der Waals surface area contributed by atoms with Crippen LogP contribution >= 0.6 is 12.6 Å². The van der Waals surface area contributed by atoms with Gasteiger partial charge < -0.3 is 15.7 Å². The molecule has 0 aliphatic heterocycles. The molecule has 1 fully saturated rings. The topological polar surface area (TPSA) is 95.5 Å². The van der Waals surface area contributed by atoms with Crippen LogP contribution in [0.15, 0.2) is 97.6 Å². The fourth-order valence-electron chi connectivity index (χ4n) is 5.54. The molecule has 6 nitrogen and oxygen atoms in total. The van der Waals surface area contributed by atoms with Crippen LogP contribution < -0.4 is 10.6 Å². The standard InChI is InChI=1S/C36H40N2O4S/c1-3-5-6-11-27(4-2)29-17-14-25(15-18-29)23-31(34(40)41)37-35(42)36(20-9-10-21-36)38-33(39)32(43)24-26-16-19-28-12-7-8-13-30(28)22-26/h4-8,11-19,22,31-32,43H,2-3,9-10,20-21,23-24H2,1H3,(H,37,42)(H,38,39)(H,40,41)/b6-5-,27-11+. The van der Waals surface area contributed by atoms with Crippen LogP contribution in [0.5, 0.6) is 0 Å². The van der Waals surface area contributed by atoms with E-state index in [4.69, 9.17) is 0 Å². The Balaban J connectivity index is 1.42. The summed E-state index contributed by atoms with van der Waals surface area (Å²) in [5.74, 6) is -1.93. The molecule has 0 aromatic heterocycles. The van der Waals surface area contributed by atoms with Crippen molar-refractivity contribution in [3.8, 4) is 0 Å². The maximum Gasteiger partial charge on any atom is 0.326 e. The fourth-order valence-corrected chi connectivity index (χ4v) is 5.82. The Morgan fingerprint density at radius 3 is 2.30 bits per heavy atom. The molecule has 3 aromatic carbocycles. The van der Waals surface area contributed by atoms with Crippen molar-refractivity contribution in [3.63, 3.8) is 0 Å². The smallest absolute Gasteiger partial charge is 0.326 e. The van der Waals surface area contributed by atoms with Crippen LogP contribution in [0.4, 0.5) is 0 Å². The van der Waals surface area contributed by atoms with Crippen molar-refractivity contribution in [2.75, 3.05) is 0 Å². The zero-order valence-electron chi connectivity index (χ0n) is 24.6. The van der Waals surface area contributed by atoms with Crippen molar-refractivity contribution in [2.24, 2.45) is 0 Å². The molecule has 2 atom stereocenters. The molecule has 2 amide bonds. The molecular weight excluding hydrogens is 556 g/mol. The largest absolute Gasteiger partial charge is 0.480 e. The Bertz CT molecular complexity index is 1520. The molecule has 4 rings (SSSR count). The molecule has 0 heterocycles. The van der Waals surface area contributed by atoms with E-state index >= 15 is 0 Å². The number of rotatable bonds is 13. The van der Waals surface area contributed by atoms with Crippen molar-refractivity contribution < 1.29 is 19.5 Å². The van der Waals surface area contributed by atoms with Gasteiger partial charge in [-0.05, 0) is 58.7 Å². The number of amides is 2. The maximum absolute atomic E-state index is 13.6. The van der Waals surface area contributed by atoms with Gasteiger partial charge in [0.05, 0.1) is 5.25 Å². The van der Waals surface area contributed by atoms with Gasteiger partial charge in [-0.2, -0.15) is 12.6 Å². The van der Waals surface area contributed by atoms with Crippen molar-refractivity contribution >= 4 is 46.8 Å². The molecule has 2 unspecified atom stereocenters. The average Bonchev–Trinajstić information content (AvgIpc) is 3.49. The molecule has 7 heteroatoms. The zero-order chi connectivity index (χ0) is 30.8. The van der Waals surface area contributed by atoms with Gasteiger partial charge in [-0.3, -0.25) is 9.59 Å². The molecule has 43 heavy (non-hydrogen) atoms. The number of hydrogen-bond donors (Lipinski definition) is 4. The van der Waals surface area contributed by atoms with E-state index in [1.807, 2.05) is 78.9 Å². The highest BCUT2D eigenvalue weighted by molar-refractivity contribution is 7.81. The van der Waals surface area contributed by atoms with E-state index in [1.165, 1.54) is 0 Å². The second-order valence-corrected chi connectivity index (χ2v) is 11.7. The quantitative estimate of drug-likeness (QED) is 0.135. The van der Waals surface area contributed by atoms with Crippen LogP contribution in [-0.2, 0) is 27.2 Å². The van der Waals surface area contributed by atoms with E-state index in [0.717, 1.165) is 52.3 Å². The van der Waals surface area contributed by atoms with Crippen LogP contribution in [0.2, 0.25) is 0 Å². The molecule has 1 aliphatic rings. The maximum atomic E-state index is 13.6. The number of allylic oxidation sites excluding steroid dienone is 5. The van der Waals surface area contributed by atoms with Crippen LogP contribution in [-0.4, -0.2) is 39.7 Å². The van der Waals surface area contributed by atoms with Crippen LogP contribution in [0, 0.1) is 0 Å². The average molecular weight is 597 g/mol. The van der Waals surface area contributed by atoms with Gasteiger partial charge in [-0.25, -0.2) is 4.79 Å². The summed E-state index contributed by atoms with van der Waals surface area (Å²) in [5.41, 5.74) is 2.52. The highest BCUT2D eigenvalue weighted by Crippen LogP contribution is 2.31. The van der Waals surface area contributed by atoms with Gasteiger partial charge in [0.25, 0.3) is 0 Å². The molecule has 224 valence electrons. The highest BCUT2D eigenvalue weighted by Gasteiger charge is 2.44. The predicted molar refractivity (Wildman–Crippen MR) is 177 cm³/mol. The first-order valence-corrected chi connectivity index (χ1v) is 15.4. The van der Waals surface area contributed by atoms with E-state index in [1.54, 1.807) is 6.08 Å². The third-order valence-corrected chi connectivity index (χ3v) is 8.41. The molecule has 0 saturated heterocycles. The summed E-state index contributed by atoms with van der Waals surface area (Å²) in [6.07, 6.45) is 11.7. The molecule has 0 spiro atoms. The number of carboxylic acid groups (broad SMARTS) is 1. The van der Waals surface area contributed by atoms with Gasteiger partial charge in [0.2, 0.25) is 11.8 Å². The summed E-state index contributed by atoms with van der Waals surface area (Å²) >= 11 is 4.58. The molecule has 0 radical (unpaired) electrons. The summed E-state index contributed by atoms with van der Waals surface area (Å²) < 4.78 is 0. The van der Waals surface area contributed by atoms with Crippen LogP contribution in [0.1, 0.15) is 55.7 Å². The molecule has 0 bridgehead atoms. The number of thiol groups is 1. The number of carboxylic acids is 1.